The summed E-state index contributed by atoms with van der Waals surface area (Å²) in [5.41, 5.74) is 3.68. The normalized spacial score (nSPS) is 13.4. The third-order valence-corrected chi connectivity index (χ3v) is 5.51. The Morgan fingerprint density at radius 1 is 0.879 bits per heavy atom. The van der Waals surface area contributed by atoms with Crippen molar-refractivity contribution in [2.45, 2.75) is 12.5 Å². The molecule has 3 aromatic carbocycles. The van der Waals surface area contributed by atoms with Crippen LogP contribution in [-0.2, 0) is 20.7 Å². The number of hydrogen-bond acceptors (Lipinski definition) is 4. The fourth-order valence-electron chi connectivity index (χ4n) is 3.85. The molecule has 1 atom stereocenters. The van der Waals surface area contributed by atoms with Crippen LogP contribution in [0, 0.1) is 0 Å². The lowest BCUT2D eigenvalue weighted by molar-refractivity contribution is -0.148. The van der Waals surface area contributed by atoms with Crippen LogP contribution >= 0.6 is 0 Å². The van der Waals surface area contributed by atoms with Gasteiger partial charge in [0, 0.05) is 16.8 Å². The molecule has 0 saturated heterocycles. The quantitative estimate of drug-likeness (QED) is 0.541. The van der Waals surface area contributed by atoms with Crippen LogP contribution in [0.15, 0.2) is 91.5 Å². The summed E-state index contributed by atoms with van der Waals surface area (Å²) in [6.07, 6.45) is 0.602. The zero-order valence-corrected chi connectivity index (χ0v) is 18.1. The number of nitrogens with one attached hydrogen (secondary N) is 1. The Kier molecular flexibility index (Phi) is 6.64. The first-order chi connectivity index (χ1) is 16.0. The monoisotopic (exact) mass is 440 g/mol. The van der Waals surface area contributed by atoms with E-state index in [4.69, 9.17) is 4.74 Å². The molecule has 6 nitrogen and oxygen atoms in total. The van der Waals surface area contributed by atoms with Crippen molar-refractivity contribution in [3.63, 3.8) is 0 Å². The Morgan fingerprint density at radius 3 is 2.15 bits per heavy atom. The molecule has 1 aliphatic rings. The van der Waals surface area contributed by atoms with Crippen LogP contribution in [0.5, 0.6) is 0 Å². The van der Waals surface area contributed by atoms with Crippen LogP contribution in [0.25, 0.3) is 5.70 Å². The Morgan fingerprint density at radius 2 is 1.48 bits per heavy atom. The van der Waals surface area contributed by atoms with E-state index in [1.165, 1.54) is 4.90 Å². The van der Waals surface area contributed by atoms with Crippen LogP contribution < -0.4 is 5.32 Å². The first kappa shape index (κ1) is 22.0. The SMILES string of the molecule is C=C1c2ccccc2C(=O)N1CC(=O)OCC(=O)NC(Cc1ccccc1)c1ccccc1. The molecule has 33 heavy (non-hydrogen) atoms. The minimum absolute atomic E-state index is 0.269. The van der Waals surface area contributed by atoms with Gasteiger partial charge in [-0.3, -0.25) is 19.3 Å². The van der Waals surface area contributed by atoms with Gasteiger partial charge in [-0.25, -0.2) is 0 Å². The van der Waals surface area contributed by atoms with Gasteiger partial charge in [-0.1, -0.05) is 85.4 Å². The maximum Gasteiger partial charge on any atom is 0.326 e. The van der Waals surface area contributed by atoms with Gasteiger partial charge in [0.25, 0.3) is 11.8 Å². The number of esters is 1. The van der Waals surface area contributed by atoms with Gasteiger partial charge >= 0.3 is 5.97 Å². The molecule has 0 bridgehead atoms. The Hall–Kier alpha value is -4.19. The molecule has 0 radical (unpaired) electrons. The Bertz CT molecular complexity index is 1140. The third kappa shape index (κ3) is 5.18. The molecule has 1 aliphatic heterocycles. The molecular weight excluding hydrogens is 416 g/mol. The number of benzene rings is 3. The summed E-state index contributed by atoms with van der Waals surface area (Å²) in [6.45, 7) is 3.17. The number of nitrogens with zero attached hydrogens (tertiary/aromatic N) is 1. The summed E-state index contributed by atoms with van der Waals surface area (Å²) >= 11 is 0. The minimum atomic E-state index is -0.674. The second-order valence-electron chi connectivity index (χ2n) is 7.76. The number of hydrogen-bond donors (Lipinski definition) is 1. The van der Waals surface area contributed by atoms with E-state index in [0.29, 0.717) is 23.2 Å². The molecule has 1 unspecified atom stereocenters. The highest BCUT2D eigenvalue weighted by Crippen LogP contribution is 2.30. The van der Waals surface area contributed by atoms with Crippen molar-refractivity contribution in [3.05, 3.63) is 114 Å². The molecule has 3 aromatic rings. The van der Waals surface area contributed by atoms with E-state index in [1.54, 1.807) is 18.2 Å². The van der Waals surface area contributed by atoms with Gasteiger partial charge in [-0.2, -0.15) is 0 Å². The molecule has 0 spiro atoms. The lowest BCUT2D eigenvalue weighted by Gasteiger charge is -2.20. The average Bonchev–Trinajstić information content (AvgIpc) is 3.08. The average molecular weight is 440 g/mol. The molecule has 2 amide bonds. The van der Waals surface area contributed by atoms with Gasteiger partial charge in [0.05, 0.1) is 6.04 Å². The Labute approximate surface area is 192 Å². The van der Waals surface area contributed by atoms with Crippen LogP contribution in [0.3, 0.4) is 0 Å². The molecule has 0 aromatic heterocycles. The van der Waals surface area contributed by atoms with Crippen molar-refractivity contribution < 1.29 is 19.1 Å². The summed E-state index contributed by atoms with van der Waals surface area (Å²) in [5.74, 6) is -1.39. The second-order valence-corrected chi connectivity index (χ2v) is 7.76. The summed E-state index contributed by atoms with van der Waals surface area (Å²) in [5, 5.41) is 2.95. The first-order valence-electron chi connectivity index (χ1n) is 10.7. The number of amides is 2. The standard InChI is InChI=1S/C27H24N2O4/c1-19-22-14-8-9-15-23(22)27(32)29(19)17-26(31)33-18-25(30)28-24(21-12-6-3-7-13-21)16-20-10-4-2-5-11-20/h2-15,24H,1,16-18H2,(H,28,30). The molecule has 1 heterocycles. The number of fused-ring (bicyclic) bond motifs is 1. The maximum absolute atomic E-state index is 12.6. The van der Waals surface area contributed by atoms with Crippen molar-refractivity contribution in [2.75, 3.05) is 13.2 Å². The molecule has 1 N–H and O–H groups in total. The summed E-state index contributed by atoms with van der Waals surface area (Å²) in [7, 11) is 0. The van der Waals surface area contributed by atoms with Gasteiger partial charge in [0.2, 0.25) is 0 Å². The third-order valence-electron chi connectivity index (χ3n) is 5.51. The van der Waals surface area contributed by atoms with E-state index in [0.717, 1.165) is 11.1 Å². The van der Waals surface area contributed by atoms with Crippen molar-refractivity contribution in [1.82, 2.24) is 10.2 Å². The van der Waals surface area contributed by atoms with Gasteiger partial charge < -0.3 is 10.1 Å². The van der Waals surface area contributed by atoms with E-state index in [9.17, 15) is 14.4 Å². The van der Waals surface area contributed by atoms with E-state index in [2.05, 4.69) is 11.9 Å². The van der Waals surface area contributed by atoms with E-state index < -0.39 is 18.5 Å². The zero-order chi connectivity index (χ0) is 23.2. The second kappa shape index (κ2) is 9.96. The highest BCUT2D eigenvalue weighted by atomic mass is 16.5. The molecule has 0 saturated carbocycles. The lowest BCUT2D eigenvalue weighted by atomic mass is 9.99. The van der Waals surface area contributed by atoms with Crippen LogP contribution in [-0.4, -0.2) is 35.8 Å². The van der Waals surface area contributed by atoms with Gasteiger partial charge in [0.1, 0.15) is 6.54 Å². The highest BCUT2D eigenvalue weighted by Gasteiger charge is 2.32. The van der Waals surface area contributed by atoms with Crippen LogP contribution in [0.2, 0.25) is 0 Å². The predicted octanol–water partition coefficient (Wildman–Crippen LogP) is 3.76. The van der Waals surface area contributed by atoms with E-state index >= 15 is 0 Å². The molecule has 6 heteroatoms. The van der Waals surface area contributed by atoms with Gasteiger partial charge in [-0.15, -0.1) is 0 Å². The van der Waals surface area contributed by atoms with Crippen molar-refractivity contribution >= 4 is 23.5 Å². The largest absolute Gasteiger partial charge is 0.454 e. The number of carbonyl (C=O) groups is 3. The van der Waals surface area contributed by atoms with E-state index in [1.807, 2.05) is 66.7 Å². The smallest absolute Gasteiger partial charge is 0.326 e. The highest BCUT2D eigenvalue weighted by molar-refractivity contribution is 6.10. The molecule has 0 aliphatic carbocycles. The minimum Gasteiger partial charge on any atom is -0.454 e. The molecule has 0 fully saturated rings. The lowest BCUT2D eigenvalue weighted by Crippen LogP contribution is -2.36. The number of ether oxygens (including phenoxy) is 1. The summed E-state index contributed by atoms with van der Waals surface area (Å²) in [6, 6.07) is 26.3. The van der Waals surface area contributed by atoms with Gasteiger partial charge in [0.15, 0.2) is 6.61 Å². The molecular formula is C27H24N2O4. The fourth-order valence-corrected chi connectivity index (χ4v) is 3.85. The summed E-state index contributed by atoms with van der Waals surface area (Å²) < 4.78 is 5.16. The van der Waals surface area contributed by atoms with Crippen LogP contribution in [0.1, 0.15) is 33.1 Å². The zero-order valence-electron chi connectivity index (χ0n) is 18.1. The predicted molar refractivity (Wildman–Crippen MR) is 125 cm³/mol. The van der Waals surface area contributed by atoms with Crippen molar-refractivity contribution in [1.29, 1.82) is 0 Å². The van der Waals surface area contributed by atoms with Crippen molar-refractivity contribution in [3.8, 4) is 0 Å². The van der Waals surface area contributed by atoms with Gasteiger partial charge in [-0.05, 0) is 23.6 Å². The number of carbonyl (C=O) groups excluding carboxylic acids is 3. The Balaban J connectivity index is 1.34. The fraction of sp³-hybridized carbons (Fsp3) is 0.148. The topological polar surface area (TPSA) is 75.7 Å². The molecule has 4 rings (SSSR count). The van der Waals surface area contributed by atoms with Crippen molar-refractivity contribution in [2.24, 2.45) is 0 Å². The summed E-state index contributed by atoms with van der Waals surface area (Å²) in [4.78, 5) is 38.7. The first-order valence-corrected chi connectivity index (χ1v) is 10.7. The maximum atomic E-state index is 12.6. The van der Waals surface area contributed by atoms with E-state index in [-0.39, 0.29) is 18.5 Å². The van der Waals surface area contributed by atoms with Crippen LogP contribution in [0.4, 0.5) is 0 Å². The number of rotatable bonds is 8. The molecule has 166 valence electrons.